The van der Waals surface area contributed by atoms with Crippen LogP contribution in [0.15, 0.2) is 24.7 Å². The molecule has 0 atom stereocenters. The maximum atomic E-state index is 11.5. The first-order valence-corrected chi connectivity index (χ1v) is 7.07. The van der Waals surface area contributed by atoms with Crippen LogP contribution >= 0.6 is 0 Å². The highest BCUT2D eigenvalue weighted by molar-refractivity contribution is 5.90. The van der Waals surface area contributed by atoms with E-state index in [-0.39, 0.29) is 17.1 Å². The molecule has 10 heteroatoms. The van der Waals surface area contributed by atoms with Crippen LogP contribution in [0.25, 0.3) is 0 Å². The molecule has 0 fully saturated rings. The monoisotopic (exact) mass is 334 g/mol. The quantitative estimate of drug-likeness (QED) is 0.457. The fourth-order valence-corrected chi connectivity index (χ4v) is 1.91. The lowest BCUT2D eigenvalue weighted by Crippen LogP contribution is -2.18. The molecule has 0 saturated carbocycles. The first-order valence-electron chi connectivity index (χ1n) is 7.07. The SMILES string of the molecule is COC(=O)c1cnc(Nc2cnn(CCN(C)C)c2)c([N+](=O)[O-])c1. The fraction of sp³-hybridized carbons (Fsp3) is 0.357. The van der Waals surface area contributed by atoms with Crippen molar-refractivity contribution in [3.8, 4) is 0 Å². The molecular weight excluding hydrogens is 316 g/mol. The molecule has 2 rings (SSSR count). The van der Waals surface area contributed by atoms with Crippen molar-refractivity contribution < 1.29 is 14.5 Å². The Labute approximate surface area is 138 Å². The van der Waals surface area contributed by atoms with Gasteiger partial charge in [0.2, 0.25) is 5.82 Å². The Morgan fingerprint density at radius 2 is 2.21 bits per heavy atom. The third-order valence-corrected chi connectivity index (χ3v) is 3.16. The number of methoxy groups -OCH3 is 1. The van der Waals surface area contributed by atoms with Gasteiger partial charge in [-0.2, -0.15) is 5.10 Å². The Morgan fingerprint density at radius 3 is 2.83 bits per heavy atom. The molecule has 128 valence electrons. The van der Waals surface area contributed by atoms with Gasteiger partial charge in [0.25, 0.3) is 0 Å². The number of anilines is 2. The van der Waals surface area contributed by atoms with Crippen LogP contribution in [0.5, 0.6) is 0 Å². The van der Waals surface area contributed by atoms with Gasteiger partial charge < -0.3 is 15.0 Å². The Bertz CT molecular complexity index is 743. The zero-order chi connectivity index (χ0) is 17.7. The normalized spacial score (nSPS) is 10.7. The molecule has 24 heavy (non-hydrogen) atoms. The number of nitrogens with one attached hydrogen (secondary N) is 1. The number of hydrogen-bond acceptors (Lipinski definition) is 8. The standard InChI is InChI=1S/C14H18N6O4/c1-18(2)4-5-19-9-11(8-16-19)17-13-12(20(22)23)6-10(7-15-13)14(21)24-3/h6-9H,4-5H2,1-3H3,(H,15,17). The lowest BCUT2D eigenvalue weighted by Gasteiger charge is -2.08. The number of carbonyl (C=O) groups excluding carboxylic acids is 1. The predicted molar refractivity (Wildman–Crippen MR) is 86.3 cm³/mol. The van der Waals surface area contributed by atoms with E-state index in [2.05, 4.69) is 20.1 Å². The summed E-state index contributed by atoms with van der Waals surface area (Å²) in [6.07, 6.45) is 4.50. The minimum atomic E-state index is -0.686. The number of esters is 1. The number of aromatic nitrogens is 3. The summed E-state index contributed by atoms with van der Waals surface area (Å²) in [6, 6.07) is 1.12. The first-order chi connectivity index (χ1) is 11.4. The van der Waals surface area contributed by atoms with Gasteiger partial charge >= 0.3 is 11.7 Å². The molecule has 10 nitrogen and oxygen atoms in total. The molecule has 2 aromatic rings. The van der Waals surface area contributed by atoms with Gasteiger partial charge in [-0.05, 0) is 14.1 Å². The number of pyridine rings is 1. The molecule has 0 radical (unpaired) electrons. The summed E-state index contributed by atoms with van der Waals surface area (Å²) in [4.78, 5) is 28.0. The molecule has 0 aliphatic heterocycles. The number of rotatable bonds is 7. The molecule has 0 aliphatic carbocycles. The molecule has 0 aromatic carbocycles. The molecule has 0 unspecified atom stereocenters. The summed E-state index contributed by atoms with van der Waals surface area (Å²) in [6.45, 7) is 1.50. The van der Waals surface area contributed by atoms with E-state index in [1.165, 1.54) is 13.3 Å². The van der Waals surface area contributed by atoms with Gasteiger partial charge in [0.1, 0.15) is 0 Å². The third kappa shape index (κ3) is 4.26. The minimum Gasteiger partial charge on any atom is -0.465 e. The van der Waals surface area contributed by atoms with Crippen molar-refractivity contribution in [3.05, 3.63) is 40.3 Å². The second-order valence-corrected chi connectivity index (χ2v) is 5.26. The molecule has 1 N–H and O–H groups in total. The smallest absolute Gasteiger partial charge is 0.339 e. The molecule has 0 amide bonds. The van der Waals surface area contributed by atoms with Crippen LogP contribution in [0.3, 0.4) is 0 Å². The van der Waals surface area contributed by atoms with E-state index in [4.69, 9.17) is 0 Å². The van der Waals surface area contributed by atoms with Crippen LogP contribution in [0, 0.1) is 10.1 Å². The highest BCUT2D eigenvalue weighted by Crippen LogP contribution is 2.26. The zero-order valence-electron chi connectivity index (χ0n) is 13.6. The summed E-state index contributed by atoms with van der Waals surface area (Å²) in [5.74, 6) is -0.659. The Balaban J connectivity index is 2.20. The van der Waals surface area contributed by atoms with Crippen molar-refractivity contribution in [2.45, 2.75) is 6.54 Å². The lowest BCUT2D eigenvalue weighted by atomic mass is 10.2. The van der Waals surface area contributed by atoms with Crippen molar-refractivity contribution in [2.24, 2.45) is 0 Å². The Morgan fingerprint density at radius 1 is 1.46 bits per heavy atom. The molecule has 0 spiro atoms. The number of nitro groups is 1. The van der Waals surface area contributed by atoms with Gasteiger partial charge in [-0.1, -0.05) is 0 Å². The van der Waals surface area contributed by atoms with Crippen molar-refractivity contribution >= 4 is 23.2 Å². The van der Waals surface area contributed by atoms with Crippen molar-refractivity contribution in [1.29, 1.82) is 0 Å². The maximum Gasteiger partial charge on any atom is 0.339 e. The topological polar surface area (TPSA) is 115 Å². The molecule has 2 heterocycles. The van der Waals surface area contributed by atoms with E-state index in [9.17, 15) is 14.9 Å². The Hall–Kier alpha value is -3.01. The van der Waals surface area contributed by atoms with Gasteiger partial charge in [-0.15, -0.1) is 0 Å². The van der Waals surface area contributed by atoms with Gasteiger partial charge in [-0.25, -0.2) is 9.78 Å². The number of likely N-dealkylation sites (N-methyl/N-ethyl adjacent to an activating group) is 1. The van der Waals surface area contributed by atoms with E-state index in [1.807, 2.05) is 19.0 Å². The average molecular weight is 334 g/mol. The number of carbonyl (C=O) groups is 1. The molecular formula is C14H18N6O4. The molecule has 0 aliphatic rings. The molecule has 0 saturated heterocycles. The van der Waals surface area contributed by atoms with E-state index >= 15 is 0 Å². The second kappa shape index (κ2) is 7.51. The van der Waals surface area contributed by atoms with Gasteiger partial charge in [-0.3, -0.25) is 14.8 Å². The van der Waals surface area contributed by atoms with E-state index in [0.29, 0.717) is 12.2 Å². The second-order valence-electron chi connectivity index (χ2n) is 5.26. The summed E-state index contributed by atoms with van der Waals surface area (Å²) >= 11 is 0. The van der Waals surface area contributed by atoms with Gasteiger partial charge in [0.05, 0.1) is 36.0 Å². The summed E-state index contributed by atoms with van der Waals surface area (Å²) in [5.41, 5.74) is 0.255. The van der Waals surface area contributed by atoms with Crippen molar-refractivity contribution in [2.75, 3.05) is 33.1 Å². The summed E-state index contributed by atoms with van der Waals surface area (Å²) in [7, 11) is 5.11. The maximum absolute atomic E-state index is 11.5. The number of hydrogen-bond donors (Lipinski definition) is 1. The fourth-order valence-electron chi connectivity index (χ4n) is 1.91. The highest BCUT2D eigenvalue weighted by Gasteiger charge is 2.20. The van der Waals surface area contributed by atoms with Crippen LogP contribution in [0.2, 0.25) is 0 Å². The number of ether oxygens (including phenoxy) is 1. The zero-order valence-corrected chi connectivity index (χ0v) is 13.6. The van der Waals surface area contributed by atoms with E-state index < -0.39 is 10.9 Å². The van der Waals surface area contributed by atoms with Crippen LogP contribution in [-0.2, 0) is 11.3 Å². The van der Waals surface area contributed by atoms with Crippen LogP contribution in [-0.4, -0.2) is 58.3 Å². The lowest BCUT2D eigenvalue weighted by molar-refractivity contribution is -0.384. The molecule has 0 bridgehead atoms. The van der Waals surface area contributed by atoms with Crippen LogP contribution < -0.4 is 5.32 Å². The highest BCUT2D eigenvalue weighted by atomic mass is 16.6. The van der Waals surface area contributed by atoms with E-state index in [1.54, 1.807) is 17.1 Å². The van der Waals surface area contributed by atoms with Crippen molar-refractivity contribution in [1.82, 2.24) is 19.7 Å². The predicted octanol–water partition coefficient (Wildman–Crippen LogP) is 1.28. The van der Waals surface area contributed by atoms with Crippen molar-refractivity contribution in [3.63, 3.8) is 0 Å². The van der Waals surface area contributed by atoms with Gasteiger partial charge in [0.15, 0.2) is 0 Å². The van der Waals surface area contributed by atoms with Crippen LogP contribution in [0.4, 0.5) is 17.2 Å². The summed E-state index contributed by atoms with van der Waals surface area (Å²) in [5, 5.41) is 18.2. The third-order valence-electron chi connectivity index (χ3n) is 3.16. The average Bonchev–Trinajstić information content (AvgIpc) is 2.99. The Kier molecular flexibility index (Phi) is 5.42. The molecule has 2 aromatic heterocycles. The van der Waals surface area contributed by atoms with Crippen LogP contribution in [0.1, 0.15) is 10.4 Å². The largest absolute Gasteiger partial charge is 0.465 e. The van der Waals surface area contributed by atoms with E-state index in [0.717, 1.165) is 12.6 Å². The number of nitrogens with zero attached hydrogens (tertiary/aromatic N) is 5. The first kappa shape index (κ1) is 17.3. The van der Waals surface area contributed by atoms with Gasteiger partial charge in [0, 0.05) is 25.0 Å². The summed E-state index contributed by atoms with van der Waals surface area (Å²) < 4.78 is 6.26. The minimum absolute atomic E-state index is 0.0106.